The van der Waals surface area contributed by atoms with Gasteiger partial charge in [0.25, 0.3) is 5.91 Å². The van der Waals surface area contributed by atoms with Gasteiger partial charge in [0, 0.05) is 38.4 Å². The van der Waals surface area contributed by atoms with Crippen LogP contribution in [-0.2, 0) is 13.1 Å². The van der Waals surface area contributed by atoms with Crippen LogP contribution in [0.5, 0.6) is 0 Å². The second-order valence-electron chi connectivity index (χ2n) is 9.85. The predicted molar refractivity (Wildman–Crippen MR) is 142 cm³/mol. The first-order valence-electron chi connectivity index (χ1n) is 12.3. The highest BCUT2D eigenvalue weighted by molar-refractivity contribution is 5.95. The average molecular weight is 456 g/mol. The van der Waals surface area contributed by atoms with Crippen LogP contribution >= 0.6 is 0 Å². The molecule has 1 N–H and O–H groups in total. The van der Waals surface area contributed by atoms with Gasteiger partial charge in [-0.05, 0) is 86.1 Å². The Morgan fingerprint density at radius 2 is 1.56 bits per heavy atom. The number of piperidine rings is 1. The van der Waals surface area contributed by atoms with Crippen molar-refractivity contribution in [3.8, 4) is 0 Å². The summed E-state index contributed by atoms with van der Waals surface area (Å²) in [6, 6.07) is 23.7. The van der Waals surface area contributed by atoms with Gasteiger partial charge in [-0.3, -0.25) is 9.69 Å². The fourth-order valence-electron chi connectivity index (χ4n) is 4.75. The molecule has 4 rings (SSSR count). The number of likely N-dealkylation sites (tertiary alicyclic amines) is 1. The third-order valence-corrected chi connectivity index (χ3v) is 6.99. The van der Waals surface area contributed by atoms with E-state index in [1.165, 1.54) is 29.7 Å². The van der Waals surface area contributed by atoms with Gasteiger partial charge in [-0.2, -0.15) is 0 Å². The van der Waals surface area contributed by atoms with Crippen molar-refractivity contribution in [2.24, 2.45) is 0 Å². The Morgan fingerprint density at radius 1 is 0.912 bits per heavy atom. The number of carbonyl (C=O) groups excluding carboxylic acids is 1. The first-order valence-corrected chi connectivity index (χ1v) is 12.3. The Labute approximate surface area is 204 Å². The minimum atomic E-state index is -0.00555. The third kappa shape index (κ3) is 6.06. The highest BCUT2D eigenvalue weighted by Crippen LogP contribution is 2.29. The molecule has 178 valence electrons. The second-order valence-corrected chi connectivity index (χ2v) is 9.85. The molecule has 1 aliphatic rings. The normalized spacial score (nSPS) is 14.7. The van der Waals surface area contributed by atoms with Crippen LogP contribution in [0.1, 0.15) is 56.9 Å². The highest BCUT2D eigenvalue weighted by atomic mass is 16.1. The smallest absolute Gasteiger partial charge is 0.251 e. The first kappa shape index (κ1) is 24.0. The lowest BCUT2D eigenvalue weighted by atomic mass is 9.89. The van der Waals surface area contributed by atoms with E-state index >= 15 is 0 Å². The van der Waals surface area contributed by atoms with Crippen molar-refractivity contribution < 1.29 is 4.79 Å². The number of aryl methyl sites for hydroxylation is 2. The van der Waals surface area contributed by atoms with Gasteiger partial charge < -0.3 is 10.2 Å². The summed E-state index contributed by atoms with van der Waals surface area (Å²) >= 11 is 0. The van der Waals surface area contributed by atoms with Gasteiger partial charge in [0.2, 0.25) is 0 Å². The van der Waals surface area contributed by atoms with Gasteiger partial charge in [0.15, 0.2) is 0 Å². The maximum atomic E-state index is 12.6. The molecule has 1 aliphatic heterocycles. The van der Waals surface area contributed by atoms with Gasteiger partial charge in [-0.15, -0.1) is 0 Å². The van der Waals surface area contributed by atoms with E-state index in [2.05, 4.69) is 77.7 Å². The molecule has 3 aromatic rings. The fourth-order valence-corrected chi connectivity index (χ4v) is 4.75. The van der Waals surface area contributed by atoms with E-state index in [0.717, 1.165) is 41.9 Å². The Bertz CT molecular complexity index is 1090. The molecule has 1 heterocycles. The number of anilines is 1. The molecule has 4 heteroatoms. The van der Waals surface area contributed by atoms with Crippen LogP contribution in [0.25, 0.3) is 0 Å². The lowest BCUT2D eigenvalue weighted by molar-refractivity contribution is 0.0950. The summed E-state index contributed by atoms with van der Waals surface area (Å²) < 4.78 is 0. The zero-order chi connectivity index (χ0) is 24.1. The minimum absolute atomic E-state index is 0.00555. The van der Waals surface area contributed by atoms with Crippen LogP contribution in [0.2, 0.25) is 0 Å². The van der Waals surface area contributed by atoms with Crippen LogP contribution in [-0.4, -0.2) is 38.0 Å². The molecular weight excluding hydrogens is 418 g/mol. The number of nitrogens with one attached hydrogen (secondary N) is 1. The Kier molecular flexibility index (Phi) is 7.69. The molecule has 1 fully saturated rings. The monoisotopic (exact) mass is 455 g/mol. The van der Waals surface area contributed by atoms with E-state index < -0.39 is 0 Å². The van der Waals surface area contributed by atoms with Crippen LogP contribution in [0.4, 0.5) is 5.69 Å². The molecule has 0 aliphatic carbocycles. The van der Waals surface area contributed by atoms with Crippen molar-refractivity contribution in [2.45, 2.75) is 45.7 Å². The Balaban J connectivity index is 1.26. The van der Waals surface area contributed by atoms with Crippen molar-refractivity contribution in [1.82, 2.24) is 10.2 Å². The van der Waals surface area contributed by atoms with E-state index in [9.17, 15) is 4.79 Å². The Morgan fingerprint density at radius 3 is 2.21 bits per heavy atom. The van der Waals surface area contributed by atoms with Crippen molar-refractivity contribution in [2.75, 3.05) is 32.1 Å². The summed E-state index contributed by atoms with van der Waals surface area (Å²) in [6.45, 7) is 7.84. The SMILES string of the molecule is Cc1ccc(C)c(C(=O)NCc2ccc(C3CCN(Cc4ccc(N(C)C)cc4)CC3)cc2)c1. The van der Waals surface area contributed by atoms with Gasteiger partial charge in [0.05, 0.1) is 0 Å². The van der Waals surface area contributed by atoms with Crippen LogP contribution in [0.15, 0.2) is 66.7 Å². The number of hydrogen-bond donors (Lipinski definition) is 1. The van der Waals surface area contributed by atoms with E-state index in [-0.39, 0.29) is 5.91 Å². The van der Waals surface area contributed by atoms with Gasteiger partial charge in [-0.25, -0.2) is 0 Å². The quantitative estimate of drug-likeness (QED) is 0.498. The average Bonchev–Trinajstić information content (AvgIpc) is 2.85. The molecule has 1 amide bonds. The van der Waals surface area contributed by atoms with Crippen molar-refractivity contribution >= 4 is 11.6 Å². The summed E-state index contributed by atoms with van der Waals surface area (Å²) in [5.41, 5.74) is 8.06. The number of rotatable bonds is 7. The van der Waals surface area contributed by atoms with E-state index in [1.807, 2.05) is 32.0 Å². The topological polar surface area (TPSA) is 35.6 Å². The second kappa shape index (κ2) is 10.9. The van der Waals surface area contributed by atoms with Crippen molar-refractivity contribution in [3.63, 3.8) is 0 Å². The summed E-state index contributed by atoms with van der Waals surface area (Å²) in [4.78, 5) is 17.3. The molecule has 3 aromatic carbocycles. The van der Waals surface area contributed by atoms with E-state index in [4.69, 9.17) is 0 Å². The van der Waals surface area contributed by atoms with Crippen LogP contribution in [0.3, 0.4) is 0 Å². The third-order valence-electron chi connectivity index (χ3n) is 6.99. The number of nitrogens with zero attached hydrogens (tertiary/aromatic N) is 2. The molecule has 0 aromatic heterocycles. The molecule has 0 unspecified atom stereocenters. The highest BCUT2D eigenvalue weighted by Gasteiger charge is 2.20. The number of amides is 1. The summed E-state index contributed by atoms with van der Waals surface area (Å²) in [7, 11) is 4.16. The van der Waals surface area contributed by atoms with Crippen LogP contribution < -0.4 is 10.2 Å². The number of hydrogen-bond acceptors (Lipinski definition) is 3. The Hall–Kier alpha value is -3.11. The largest absolute Gasteiger partial charge is 0.378 e. The molecule has 1 saturated heterocycles. The maximum Gasteiger partial charge on any atom is 0.251 e. The standard InChI is InChI=1S/C30H37N3O/c1-22-5-6-23(2)29(19-22)30(34)31-20-24-7-11-26(12-8-24)27-15-17-33(18-16-27)21-25-9-13-28(14-10-25)32(3)4/h5-14,19,27H,15-18,20-21H2,1-4H3,(H,31,34). The van der Waals surface area contributed by atoms with Crippen molar-refractivity contribution in [1.29, 1.82) is 0 Å². The number of carbonyl (C=O) groups is 1. The minimum Gasteiger partial charge on any atom is -0.378 e. The zero-order valence-corrected chi connectivity index (χ0v) is 21.0. The predicted octanol–water partition coefficient (Wildman–Crippen LogP) is 5.68. The lowest BCUT2D eigenvalue weighted by Gasteiger charge is -2.32. The molecular formula is C30H37N3O. The first-order chi connectivity index (χ1) is 16.4. The molecule has 34 heavy (non-hydrogen) atoms. The molecule has 4 nitrogen and oxygen atoms in total. The summed E-state index contributed by atoms with van der Waals surface area (Å²) in [5, 5.41) is 3.07. The van der Waals surface area contributed by atoms with Gasteiger partial charge in [-0.1, -0.05) is 54.1 Å². The lowest BCUT2D eigenvalue weighted by Crippen LogP contribution is -2.32. The van der Waals surface area contributed by atoms with Gasteiger partial charge >= 0.3 is 0 Å². The molecule has 0 spiro atoms. The number of benzene rings is 3. The fraction of sp³-hybridized carbons (Fsp3) is 0.367. The molecule has 0 radical (unpaired) electrons. The van der Waals surface area contributed by atoms with Crippen LogP contribution in [0, 0.1) is 13.8 Å². The zero-order valence-electron chi connectivity index (χ0n) is 21.0. The van der Waals surface area contributed by atoms with E-state index in [1.54, 1.807) is 0 Å². The molecule has 0 saturated carbocycles. The maximum absolute atomic E-state index is 12.6. The summed E-state index contributed by atoms with van der Waals surface area (Å²) in [5.74, 6) is 0.611. The summed E-state index contributed by atoms with van der Waals surface area (Å²) in [6.07, 6.45) is 2.39. The van der Waals surface area contributed by atoms with Gasteiger partial charge in [0.1, 0.15) is 0 Å². The van der Waals surface area contributed by atoms with Crippen molar-refractivity contribution in [3.05, 3.63) is 100 Å². The van der Waals surface area contributed by atoms with E-state index in [0.29, 0.717) is 12.5 Å². The molecule has 0 bridgehead atoms. The molecule has 0 atom stereocenters.